The minimum atomic E-state index is -0.119. The zero-order chi connectivity index (χ0) is 11.7. The van der Waals surface area contributed by atoms with Crippen molar-refractivity contribution in [1.29, 1.82) is 0 Å². The van der Waals surface area contributed by atoms with E-state index in [1.807, 2.05) is 31.2 Å². The number of urea groups is 1. The van der Waals surface area contributed by atoms with Crippen molar-refractivity contribution in [2.75, 3.05) is 19.4 Å². The maximum absolute atomic E-state index is 11.6. The van der Waals surface area contributed by atoms with E-state index in [2.05, 4.69) is 10.3 Å². The van der Waals surface area contributed by atoms with Gasteiger partial charge in [-0.15, -0.1) is 0 Å². The van der Waals surface area contributed by atoms with Gasteiger partial charge in [-0.3, -0.25) is 0 Å². The van der Waals surface area contributed by atoms with Gasteiger partial charge in [0.05, 0.1) is 5.69 Å². The lowest BCUT2D eigenvalue weighted by Crippen LogP contribution is -2.27. The Balaban J connectivity index is 2.40. The van der Waals surface area contributed by atoms with E-state index in [0.29, 0.717) is 0 Å². The quantitative estimate of drug-likeness (QED) is 0.757. The number of aromatic nitrogens is 1. The fourth-order valence-corrected chi connectivity index (χ4v) is 1.63. The van der Waals surface area contributed by atoms with E-state index in [1.165, 1.54) is 4.90 Å². The van der Waals surface area contributed by atoms with E-state index >= 15 is 0 Å². The number of aromatic amines is 1. The van der Waals surface area contributed by atoms with E-state index in [-0.39, 0.29) is 6.03 Å². The summed E-state index contributed by atoms with van der Waals surface area (Å²) in [6.45, 7) is 2.00. The van der Waals surface area contributed by atoms with Crippen LogP contribution in [0.5, 0.6) is 0 Å². The van der Waals surface area contributed by atoms with Crippen LogP contribution in [0.15, 0.2) is 24.3 Å². The Labute approximate surface area is 94.3 Å². The Hall–Kier alpha value is -1.97. The fraction of sp³-hybridized carbons (Fsp3) is 0.250. The van der Waals surface area contributed by atoms with Crippen LogP contribution in [0.4, 0.5) is 10.5 Å². The van der Waals surface area contributed by atoms with Crippen LogP contribution in [-0.2, 0) is 0 Å². The normalized spacial score (nSPS) is 10.4. The summed E-state index contributed by atoms with van der Waals surface area (Å²) in [5.41, 5.74) is 2.95. The van der Waals surface area contributed by atoms with Gasteiger partial charge in [-0.1, -0.05) is 6.07 Å². The molecule has 2 aromatic rings. The fourth-order valence-electron chi connectivity index (χ4n) is 1.63. The van der Waals surface area contributed by atoms with Crippen LogP contribution in [0.2, 0.25) is 0 Å². The molecule has 1 heterocycles. The molecular formula is C12H15N3O. The first-order valence-corrected chi connectivity index (χ1v) is 5.14. The lowest BCUT2D eigenvalue weighted by Gasteiger charge is -2.12. The van der Waals surface area contributed by atoms with Crippen LogP contribution in [-0.4, -0.2) is 30.0 Å². The minimum Gasteiger partial charge on any atom is -0.359 e. The molecule has 84 valence electrons. The molecule has 0 aliphatic carbocycles. The van der Waals surface area contributed by atoms with Crippen molar-refractivity contribution in [3.8, 4) is 0 Å². The number of H-pyrrole nitrogens is 1. The highest BCUT2D eigenvalue weighted by atomic mass is 16.2. The second-order valence-electron chi connectivity index (χ2n) is 4.04. The van der Waals surface area contributed by atoms with Crippen molar-refractivity contribution < 1.29 is 4.79 Å². The molecule has 0 bridgehead atoms. The Kier molecular flexibility index (Phi) is 2.56. The van der Waals surface area contributed by atoms with E-state index in [1.54, 1.807) is 14.1 Å². The van der Waals surface area contributed by atoms with Crippen LogP contribution in [0.3, 0.4) is 0 Å². The number of carbonyl (C=O) groups excluding carboxylic acids is 1. The molecule has 0 saturated carbocycles. The maximum atomic E-state index is 11.6. The van der Waals surface area contributed by atoms with Crippen molar-refractivity contribution in [2.24, 2.45) is 0 Å². The summed E-state index contributed by atoms with van der Waals surface area (Å²) in [6, 6.07) is 7.72. The highest BCUT2D eigenvalue weighted by molar-refractivity contribution is 6.00. The molecule has 4 nitrogen and oxygen atoms in total. The minimum absolute atomic E-state index is 0.119. The van der Waals surface area contributed by atoms with Gasteiger partial charge >= 0.3 is 6.03 Å². The molecular weight excluding hydrogens is 202 g/mol. The molecule has 0 unspecified atom stereocenters. The summed E-state index contributed by atoms with van der Waals surface area (Å²) in [5.74, 6) is 0. The van der Waals surface area contributed by atoms with Gasteiger partial charge < -0.3 is 15.2 Å². The largest absolute Gasteiger partial charge is 0.359 e. The first-order chi connectivity index (χ1) is 7.58. The molecule has 4 heteroatoms. The number of aryl methyl sites for hydroxylation is 1. The van der Waals surface area contributed by atoms with Gasteiger partial charge in [0, 0.05) is 30.7 Å². The van der Waals surface area contributed by atoms with Crippen molar-refractivity contribution in [2.45, 2.75) is 6.92 Å². The topological polar surface area (TPSA) is 48.1 Å². The zero-order valence-corrected chi connectivity index (χ0v) is 9.66. The molecule has 1 aromatic heterocycles. The molecule has 2 N–H and O–H groups in total. The van der Waals surface area contributed by atoms with Gasteiger partial charge in [-0.25, -0.2) is 4.79 Å². The van der Waals surface area contributed by atoms with Crippen LogP contribution in [0.1, 0.15) is 5.69 Å². The third-order valence-corrected chi connectivity index (χ3v) is 2.45. The number of benzene rings is 1. The van der Waals surface area contributed by atoms with E-state index in [9.17, 15) is 4.79 Å². The summed E-state index contributed by atoms with van der Waals surface area (Å²) in [5, 5.41) is 3.90. The third-order valence-electron chi connectivity index (χ3n) is 2.45. The molecule has 0 fully saturated rings. The van der Waals surface area contributed by atoms with Gasteiger partial charge in [0.25, 0.3) is 0 Å². The number of carbonyl (C=O) groups is 1. The summed E-state index contributed by atoms with van der Waals surface area (Å²) in [4.78, 5) is 16.3. The summed E-state index contributed by atoms with van der Waals surface area (Å²) in [6.07, 6.45) is 0. The summed E-state index contributed by atoms with van der Waals surface area (Å²) < 4.78 is 0. The summed E-state index contributed by atoms with van der Waals surface area (Å²) in [7, 11) is 3.44. The SMILES string of the molecule is Cc1cc2c(NC(=O)N(C)C)cccc2[nH]1. The highest BCUT2D eigenvalue weighted by Gasteiger charge is 2.07. The molecule has 16 heavy (non-hydrogen) atoms. The first-order valence-electron chi connectivity index (χ1n) is 5.14. The predicted molar refractivity (Wildman–Crippen MR) is 65.7 cm³/mol. The van der Waals surface area contributed by atoms with Gasteiger partial charge in [-0.05, 0) is 25.1 Å². The second-order valence-corrected chi connectivity index (χ2v) is 4.04. The number of nitrogens with one attached hydrogen (secondary N) is 2. The lowest BCUT2D eigenvalue weighted by molar-refractivity contribution is 0.231. The van der Waals surface area contributed by atoms with E-state index in [0.717, 1.165) is 22.3 Å². The summed E-state index contributed by atoms with van der Waals surface area (Å²) >= 11 is 0. The van der Waals surface area contributed by atoms with Gasteiger partial charge in [0.1, 0.15) is 0 Å². The third kappa shape index (κ3) is 1.86. The van der Waals surface area contributed by atoms with Gasteiger partial charge in [0.2, 0.25) is 0 Å². The lowest BCUT2D eigenvalue weighted by atomic mass is 10.2. The molecule has 0 spiro atoms. The number of hydrogen-bond acceptors (Lipinski definition) is 1. The number of hydrogen-bond donors (Lipinski definition) is 2. The Morgan fingerprint density at radius 1 is 1.38 bits per heavy atom. The molecule has 0 saturated heterocycles. The standard InChI is InChI=1S/C12H15N3O/c1-8-7-9-10(13-8)5-4-6-11(9)14-12(16)15(2)3/h4-7,13H,1-3H3,(H,14,16). The molecule has 0 aliphatic heterocycles. The van der Waals surface area contributed by atoms with Crippen LogP contribution < -0.4 is 5.32 Å². The first kappa shape index (κ1) is 10.5. The van der Waals surface area contributed by atoms with Crippen molar-refractivity contribution in [3.05, 3.63) is 30.0 Å². The van der Waals surface area contributed by atoms with Crippen LogP contribution in [0.25, 0.3) is 10.9 Å². The zero-order valence-electron chi connectivity index (χ0n) is 9.66. The highest BCUT2D eigenvalue weighted by Crippen LogP contribution is 2.24. The Morgan fingerprint density at radius 3 is 2.81 bits per heavy atom. The number of anilines is 1. The smallest absolute Gasteiger partial charge is 0.321 e. The molecule has 0 aliphatic rings. The second kappa shape index (κ2) is 3.89. The number of nitrogens with zero attached hydrogens (tertiary/aromatic N) is 1. The average molecular weight is 217 g/mol. The van der Waals surface area contributed by atoms with Gasteiger partial charge in [-0.2, -0.15) is 0 Å². The molecule has 1 aromatic carbocycles. The van der Waals surface area contributed by atoms with E-state index in [4.69, 9.17) is 0 Å². The van der Waals surface area contributed by atoms with Crippen LogP contribution >= 0.6 is 0 Å². The number of fused-ring (bicyclic) bond motifs is 1. The average Bonchev–Trinajstić information content (AvgIpc) is 2.59. The van der Waals surface area contributed by atoms with Crippen LogP contribution in [0, 0.1) is 6.92 Å². The number of rotatable bonds is 1. The Bertz CT molecular complexity index is 528. The monoisotopic (exact) mass is 217 g/mol. The maximum Gasteiger partial charge on any atom is 0.321 e. The Morgan fingerprint density at radius 2 is 2.12 bits per heavy atom. The number of amides is 2. The molecule has 0 radical (unpaired) electrons. The van der Waals surface area contributed by atoms with Crippen molar-refractivity contribution in [3.63, 3.8) is 0 Å². The van der Waals surface area contributed by atoms with Crippen molar-refractivity contribution in [1.82, 2.24) is 9.88 Å². The van der Waals surface area contributed by atoms with Crippen molar-refractivity contribution >= 4 is 22.6 Å². The molecule has 0 atom stereocenters. The molecule has 2 rings (SSSR count). The van der Waals surface area contributed by atoms with Gasteiger partial charge in [0.15, 0.2) is 0 Å². The predicted octanol–water partition coefficient (Wildman–Crippen LogP) is 2.57. The van der Waals surface area contributed by atoms with E-state index < -0.39 is 0 Å². The molecule has 2 amide bonds.